The zero-order valence-corrected chi connectivity index (χ0v) is 15.4. The molecule has 0 fully saturated rings. The van der Waals surface area contributed by atoms with Crippen molar-refractivity contribution in [3.05, 3.63) is 42.0 Å². The summed E-state index contributed by atoms with van der Waals surface area (Å²) >= 11 is 0. The molecular weight excluding hydrogens is 350 g/mol. The van der Waals surface area contributed by atoms with Crippen molar-refractivity contribution >= 4 is 17.7 Å². The van der Waals surface area contributed by atoms with Crippen molar-refractivity contribution in [3.63, 3.8) is 0 Å². The molecule has 0 unspecified atom stereocenters. The van der Waals surface area contributed by atoms with Crippen LogP contribution in [-0.4, -0.2) is 40.5 Å². The summed E-state index contributed by atoms with van der Waals surface area (Å²) in [7, 11) is 4.61. The van der Waals surface area contributed by atoms with Gasteiger partial charge >= 0.3 is 0 Å². The van der Waals surface area contributed by atoms with Gasteiger partial charge in [-0.05, 0) is 30.3 Å². The third kappa shape index (κ3) is 4.08. The van der Waals surface area contributed by atoms with Gasteiger partial charge in [-0.3, -0.25) is 4.79 Å². The molecular formula is C20H21NO6. The number of carbonyl (C=O) groups is 1. The summed E-state index contributed by atoms with van der Waals surface area (Å²) in [4.78, 5) is 12.3. The Morgan fingerprint density at radius 2 is 1.70 bits per heavy atom. The highest BCUT2D eigenvalue weighted by Crippen LogP contribution is 2.40. The summed E-state index contributed by atoms with van der Waals surface area (Å²) < 4.78 is 27.0. The lowest BCUT2D eigenvalue weighted by atomic mass is 10.1. The average Bonchev–Trinajstić information content (AvgIpc) is 2.71. The number of benzene rings is 2. The fourth-order valence-corrected chi connectivity index (χ4v) is 2.73. The van der Waals surface area contributed by atoms with Crippen LogP contribution in [0.5, 0.6) is 28.7 Å². The maximum atomic E-state index is 12.3. The molecule has 1 N–H and O–H groups in total. The summed E-state index contributed by atoms with van der Waals surface area (Å²) in [6.45, 7) is 1.01. The summed E-state index contributed by atoms with van der Waals surface area (Å²) in [5.74, 6) is 2.50. The summed E-state index contributed by atoms with van der Waals surface area (Å²) in [5, 5.41) is 2.79. The zero-order valence-electron chi connectivity index (χ0n) is 15.4. The van der Waals surface area contributed by atoms with Gasteiger partial charge in [-0.2, -0.15) is 0 Å². The first-order chi connectivity index (χ1) is 13.2. The number of carbonyl (C=O) groups excluding carboxylic acids is 1. The molecule has 1 aliphatic heterocycles. The van der Waals surface area contributed by atoms with Crippen LogP contribution < -0.4 is 29.0 Å². The predicted octanol–water partition coefficient (Wildman–Crippen LogP) is 3.14. The third-order valence-corrected chi connectivity index (χ3v) is 3.96. The highest BCUT2D eigenvalue weighted by Gasteiger charge is 2.15. The molecule has 0 spiro atoms. The Balaban J connectivity index is 1.75. The maximum Gasteiger partial charge on any atom is 0.248 e. The normalized spacial score (nSPS) is 12.6. The smallest absolute Gasteiger partial charge is 0.248 e. The highest BCUT2D eigenvalue weighted by atomic mass is 16.6. The van der Waals surface area contributed by atoms with Crippen molar-refractivity contribution in [2.75, 3.05) is 39.9 Å². The van der Waals surface area contributed by atoms with Crippen LogP contribution in [0, 0.1) is 0 Å². The van der Waals surface area contributed by atoms with Crippen LogP contribution in [0.4, 0.5) is 5.69 Å². The second-order valence-corrected chi connectivity index (χ2v) is 5.60. The van der Waals surface area contributed by atoms with Crippen molar-refractivity contribution in [3.8, 4) is 28.7 Å². The molecule has 1 heterocycles. The van der Waals surface area contributed by atoms with Gasteiger partial charge < -0.3 is 29.0 Å². The Morgan fingerprint density at radius 1 is 0.963 bits per heavy atom. The topological polar surface area (TPSA) is 75.3 Å². The first-order valence-electron chi connectivity index (χ1n) is 8.34. The fourth-order valence-electron chi connectivity index (χ4n) is 2.73. The number of ether oxygens (including phenoxy) is 5. The monoisotopic (exact) mass is 371 g/mol. The Kier molecular flexibility index (Phi) is 5.71. The number of nitrogens with one attached hydrogen (secondary N) is 1. The van der Waals surface area contributed by atoms with Gasteiger partial charge in [0, 0.05) is 23.4 Å². The molecule has 7 nitrogen and oxygen atoms in total. The predicted molar refractivity (Wildman–Crippen MR) is 101 cm³/mol. The molecule has 0 saturated heterocycles. The van der Waals surface area contributed by atoms with Gasteiger partial charge in [0.2, 0.25) is 11.7 Å². The molecule has 3 rings (SSSR count). The first kappa shape index (κ1) is 18.4. The summed E-state index contributed by atoms with van der Waals surface area (Å²) in [6, 6.07) is 8.80. The number of amides is 1. The van der Waals surface area contributed by atoms with Crippen molar-refractivity contribution in [2.24, 2.45) is 0 Å². The van der Waals surface area contributed by atoms with Crippen LogP contribution in [0.25, 0.3) is 6.08 Å². The number of fused-ring (bicyclic) bond motifs is 1. The van der Waals surface area contributed by atoms with E-state index in [0.29, 0.717) is 53.2 Å². The van der Waals surface area contributed by atoms with Gasteiger partial charge in [-0.15, -0.1) is 0 Å². The summed E-state index contributed by atoms with van der Waals surface area (Å²) in [5.41, 5.74) is 1.31. The van der Waals surface area contributed by atoms with E-state index in [1.54, 1.807) is 43.5 Å². The largest absolute Gasteiger partial charge is 0.493 e. The van der Waals surface area contributed by atoms with E-state index in [4.69, 9.17) is 23.7 Å². The molecule has 2 aromatic carbocycles. The highest BCUT2D eigenvalue weighted by molar-refractivity contribution is 6.02. The molecule has 2 aromatic rings. The number of methoxy groups -OCH3 is 3. The van der Waals surface area contributed by atoms with E-state index in [0.717, 1.165) is 0 Å². The Hall–Kier alpha value is -3.35. The Labute approximate surface area is 157 Å². The molecule has 0 bridgehead atoms. The minimum atomic E-state index is -0.288. The molecule has 7 heteroatoms. The molecule has 142 valence electrons. The minimum Gasteiger partial charge on any atom is -0.493 e. The van der Waals surface area contributed by atoms with Crippen molar-refractivity contribution in [1.29, 1.82) is 0 Å². The average molecular weight is 371 g/mol. The van der Waals surface area contributed by atoms with E-state index in [-0.39, 0.29) is 5.91 Å². The maximum absolute atomic E-state index is 12.3. The molecule has 0 aromatic heterocycles. The Morgan fingerprint density at radius 3 is 2.41 bits per heavy atom. The summed E-state index contributed by atoms with van der Waals surface area (Å²) in [6.07, 6.45) is 3.06. The number of hydrogen-bond donors (Lipinski definition) is 1. The van der Waals surface area contributed by atoms with E-state index in [2.05, 4.69) is 5.32 Å². The van der Waals surface area contributed by atoms with Crippen LogP contribution in [0.2, 0.25) is 0 Å². The van der Waals surface area contributed by atoms with Crippen molar-refractivity contribution in [2.45, 2.75) is 0 Å². The minimum absolute atomic E-state index is 0.288. The molecule has 0 atom stereocenters. The second-order valence-electron chi connectivity index (χ2n) is 5.60. The Bertz CT molecular complexity index is 862. The van der Waals surface area contributed by atoms with Gasteiger partial charge in [0.25, 0.3) is 0 Å². The molecule has 1 aliphatic rings. The fraction of sp³-hybridized carbons (Fsp3) is 0.250. The van der Waals surface area contributed by atoms with E-state index >= 15 is 0 Å². The molecule has 27 heavy (non-hydrogen) atoms. The van der Waals surface area contributed by atoms with Crippen LogP contribution >= 0.6 is 0 Å². The van der Waals surface area contributed by atoms with Gasteiger partial charge in [-0.1, -0.05) is 0 Å². The van der Waals surface area contributed by atoms with Gasteiger partial charge in [0.1, 0.15) is 13.2 Å². The van der Waals surface area contributed by atoms with Crippen LogP contribution in [0.3, 0.4) is 0 Å². The number of rotatable bonds is 6. The van der Waals surface area contributed by atoms with E-state index < -0.39 is 0 Å². The second kappa shape index (κ2) is 8.35. The van der Waals surface area contributed by atoms with E-state index in [1.165, 1.54) is 20.3 Å². The quantitative estimate of drug-likeness (QED) is 0.787. The van der Waals surface area contributed by atoms with E-state index in [1.807, 2.05) is 0 Å². The lowest BCUT2D eigenvalue weighted by Gasteiger charge is -2.18. The van der Waals surface area contributed by atoms with Gasteiger partial charge in [0.15, 0.2) is 23.0 Å². The lowest BCUT2D eigenvalue weighted by Crippen LogP contribution is -2.16. The van der Waals surface area contributed by atoms with E-state index in [9.17, 15) is 4.79 Å². The van der Waals surface area contributed by atoms with Crippen molar-refractivity contribution < 1.29 is 28.5 Å². The zero-order chi connectivity index (χ0) is 19.2. The molecule has 0 aliphatic carbocycles. The standard InChI is InChI=1S/C20H21NO6/c1-23-16-7-4-13(19(24-2)20(16)25-3)5-9-18(22)21-14-6-8-15-17(12-14)27-11-10-26-15/h4-9,12H,10-11H2,1-3H3,(H,21,22)/b9-5+. The van der Waals surface area contributed by atoms with Crippen LogP contribution in [-0.2, 0) is 4.79 Å². The van der Waals surface area contributed by atoms with Crippen LogP contribution in [0.15, 0.2) is 36.4 Å². The van der Waals surface area contributed by atoms with Gasteiger partial charge in [-0.25, -0.2) is 0 Å². The SMILES string of the molecule is COc1ccc(/C=C/C(=O)Nc2ccc3c(c2)OCCO3)c(OC)c1OC. The molecule has 0 saturated carbocycles. The number of hydrogen-bond acceptors (Lipinski definition) is 6. The van der Waals surface area contributed by atoms with Crippen molar-refractivity contribution in [1.82, 2.24) is 0 Å². The van der Waals surface area contributed by atoms with Gasteiger partial charge in [0.05, 0.1) is 21.3 Å². The number of anilines is 1. The molecule has 1 amide bonds. The lowest BCUT2D eigenvalue weighted by molar-refractivity contribution is -0.111. The first-order valence-corrected chi connectivity index (χ1v) is 8.34. The van der Waals surface area contributed by atoms with Crippen LogP contribution in [0.1, 0.15) is 5.56 Å². The molecule has 0 radical (unpaired) electrons. The third-order valence-electron chi connectivity index (χ3n) is 3.96.